The highest BCUT2D eigenvalue weighted by Gasteiger charge is 2.22. The summed E-state index contributed by atoms with van der Waals surface area (Å²) in [7, 11) is 0. The summed E-state index contributed by atoms with van der Waals surface area (Å²) in [5.41, 5.74) is 2.80. The zero-order chi connectivity index (χ0) is 9.80. The fraction of sp³-hybridized carbons (Fsp3) is 0.385. The van der Waals surface area contributed by atoms with Crippen LogP contribution in [-0.4, -0.2) is 6.54 Å². The van der Waals surface area contributed by atoms with E-state index in [0.29, 0.717) is 6.54 Å². The molecule has 2 rings (SSSR count). The molecule has 0 unspecified atom stereocenters. The van der Waals surface area contributed by atoms with Gasteiger partial charge in [0.1, 0.15) is 0 Å². The second kappa shape index (κ2) is 4.30. The maximum Gasteiger partial charge on any atom is 0.0576 e. The Kier molecular flexibility index (Phi) is 2.86. The Balaban J connectivity index is 1.89. The Morgan fingerprint density at radius 1 is 1.29 bits per heavy atom. The lowest BCUT2D eigenvalue weighted by atomic mass is 10.1. The summed E-state index contributed by atoms with van der Waals surface area (Å²) in [6.07, 6.45) is 7.89. The van der Waals surface area contributed by atoms with Crippen molar-refractivity contribution in [2.75, 3.05) is 6.54 Å². The molecule has 1 aliphatic rings. The van der Waals surface area contributed by atoms with E-state index in [-0.39, 0.29) is 0 Å². The van der Waals surface area contributed by atoms with Gasteiger partial charge in [0, 0.05) is 6.54 Å². The van der Waals surface area contributed by atoms with Crippen molar-refractivity contribution in [3.8, 4) is 12.3 Å². The first-order chi connectivity index (χ1) is 6.90. The van der Waals surface area contributed by atoms with Crippen LogP contribution >= 0.6 is 0 Å². The van der Waals surface area contributed by atoms with Crippen LogP contribution in [0.1, 0.15) is 29.9 Å². The lowest BCUT2D eigenvalue weighted by molar-refractivity contribution is 0.770. The third-order valence-corrected chi connectivity index (χ3v) is 2.58. The highest BCUT2D eigenvalue weighted by Crippen LogP contribution is 2.39. The molecule has 0 aliphatic heterocycles. The Labute approximate surface area is 85.5 Å². The predicted octanol–water partition coefficient (Wildman–Crippen LogP) is 2.29. The van der Waals surface area contributed by atoms with Crippen molar-refractivity contribution in [2.24, 2.45) is 0 Å². The lowest BCUT2D eigenvalue weighted by Crippen LogP contribution is -2.12. The van der Waals surface area contributed by atoms with Gasteiger partial charge in [-0.15, -0.1) is 6.42 Å². The maximum atomic E-state index is 5.15. The summed E-state index contributed by atoms with van der Waals surface area (Å²) in [5, 5.41) is 3.18. The van der Waals surface area contributed by atoms with E-state index in [0.717, 1.165) is 12.5 Å². The summed E-state index contributed by atoms with van der Waals surface area (Å²) in [6, 6.07) is 8.86. The molecule has 0 saturated heterocycles. The molecule has 1 aromatic rings. The van der Waals surface area contributed by atoms with Gasteiger partial charge in [0.2, 0.25) is 0 Å². The minimum absolute atomic E-state index is 0.643. The van der Waals surface area contributed by atoms with Gasteiger partial charge in [0.15, 0.2) is 0 Å². The van der Waals surface area contributed by atoms with Gasteiger partial charge >= 0.3 is 0 Å². The van der Waals surface area contributed by atoms with Gasteiger partial charge in [0.05, 0.1) is 6.54 Å². The Bertz CT molecular complexity index is 327. The van der Waals surface area contributed by atoms with Crippen LogP contribution < -0.4 is 5.32 Å². The van der Waals surface area contributed by atoms with Crippen LogP contribution in [0.4, 0.5) is 0 Å². The summed E-state index contributed by atoms with van der Waals surface area (Å²) >= 11 is 0. The normalized spacial score (nSPS) is 15.1. The molecule has 14 heavy (non-hydrogen) atoms. The first-order valence-electron chi connectivity index (χ1n) is 5.13. The Morgan fingerprint density at radius 2 is 2.00 bits per heavy atom. The molecule has 0 amide bonds. The fourth-order valence-electron chi connectivity index (χ4n) is 1.60. The fourth-order valence-corrected chi connectivity index (χ4v) is 1.60. The van der Waals surface area contributed by atoms with Crippen molar-refractivity contribution in [1.29, 1.82) is 0 Å². The van der Waals surface area contributed by atoms with Gasteiger partial charge in [-0.05, 0) is 29.9 Å². The second-order valence-corrected chi connectivity index (χ2v) is 3.82. The standard InChI is InChI=1S/C13H15N/c1-2-9-14-10-11-3-5-12(6-4-11)13-7-8-13/h1,3-6,13-14H,7-10H2. The van der Waals surface area contributed by atoms with Gasteiger partial charge in [-0.25, -0.2) is 0 Å². The monoisotopic (exact) mass is 185 g/mol. The van der Waals surface area contributed by atoms with E-state index >= 15 is 0 Å². The number of rotatable bonds is 4. The van der Waals surface area contributed by atoms with Crippen molar-refractivity contribution in [1.82, 2.24) is 5.32 Å². The highest BCUT2D eigenvalue weighted by atomic mass is 14.8. The van der Waals surface area contributed by atoms with Crippen molar-refractivity contribution >= 4 is 0 Å². The van der Waals surface area contributed by atoms with E-state index in [1.54, 1.807) is 0 Å². The van der Waals surface area contributed by atoms with E-state index in [2.05, 4.69) is 35.5 Å². The number of nitrogens with one attached hydrogen (secondary N) is 1. The van der Waals surface area contributed by atoms with Gasteiger partial charge in [-0.2, -0.15) is 0 Å². The Hall–Kier alpha value is -1.26. The molecule has 0 spiro atoms. The molecule has 1 N–H and O–H groups in total. The largest absolute Gasteiger partial charge is 0.302 e. The summed E-state index contributed by atoms with van der Waals surface area (Å²) in [4.78, 5) is 0. The van der Waals surface area contributed by atoms with Crippen LogP contribution in [0.2, 0.25) is 0 Å². The maximum absolute atomic E-state index is 5.15. The quantitative estimate of drug-likeness (QED) is 0.560. The van der Waals surface area contributed by atoms with Gasteiger partial charge < -0.3 is 5.32 Å². The third kappa shape index (κ3) is 2.37. The average molecular weight is 185 g/mol. The molecule has 1 fully saturated rings. The lowest BCUT2D eigenvalue weighted by Gasteiger charge is -2.03. The van der Waals surface area contributed by atoms with Crippen LogP contribution in [0, 0.1) is 12.3 Å². The van der Waals surface area contributed by atoms with Crippen molar-refractivity contribution < 1.29 is 0 Å². The zero-order valence-corrected chi connectivity index (χ0v) is 8.29. The Morgan fingerprint density at radius 3 is 2.57 bits per heavy atom. The molecule has 0 radical (unpaired) electrons. The van der Waals surface area contributed by atoms with E-state index in [1.165, 1.54) is 24.0 Å². The summed E-state index contributed by atoms with van der Waals surface area (Å²) in [5.74, 6) is 3.42. The van der Waals surface area contributed by atoms with Gasteiger partial charge in [-0.1, -0.05) is 30.2 Å². The first kappa shape index (κ1) is 9.30. The number of terminal acetylenes is 1. The molecule has 1 aliphatic carbocycles. The van der Waals surface area contributed by atoms with Crippen LogP contribution in [-0.2, 0) is 6.54 Å². The van der Waals surface area contributed by atoms with Crippen LogP contribution in [0.15, 0.2) is 24.3 Å². The van der Waals surface area contributed by atoms with Crippen molar-refractivity contribution in [3.63, 3.8) is 0 Å². The second-order valence-electron chi connectivity index (χ2n) is 3.82. The molecule has 0 bridgehead atoms. The molecule has 72 valence electrons. The third-order valence-electron chi connectivity index (χ3n) is 2.58. The molecule has 1 heteroatoms. The number of hydrogen-bond acceptors (Lipinski definition) is 1. The van der Waals surface area contributed by atoms with E-state index < -0.39 is 0 Å². The molecular formula is C13H15N. The average Bonchev–Trinajstić information content (AvgIpc) is 3.03. The smallest absolute Gasteiger partial charge is 0.0576 e. The predicted molar refractivity (Wildman–Crippen MR) is 59.0 cm³/mol. The minimum atomic E-state index is 0.643. The van der Waals surface area contributed by atoms with Crippen LogP contribution in [0.3, 0.4) is 0 Å². The van der Waals surface area contributed by atoms with Crippen molar-refractivity contribution in [2.45, 2.75) is 25.3 Å². The minimum Gasteiger partial charge on any atom is -0.302 e. The topological polar surface area (TPSA) is 12.0 Å². The molecule has 0 atom stereocenters. The zero-order valence-electron chi connectivity index (χ0n) is 8.29. The SMILES string of the molecule is C#CCNCc1ccc(C2CC2)cc1. The number of benzene rings is 1. The van der Waals surface area contributed by atoms with Gasteiger partial charge in [-0.3, -0.25) is 0 Å². The number of hydrogen-bond donors (Lipinski definition) is 1. The van der Waals surface area contributed by atoms with Crippen LogP contribution in [0.25, 0.3) is 0 Å². The first-order valence-corrected chi connectivity index (χ1v) is 5.13. The molecule has 1 saturated carbocycles. The summed E-state index contributed by atoms with van der Waals surface area (Å²) in [6.45, 7) is 1.51. The van der Waals surface area contributed by atoms with E-state index in [4.69, 9.17) is 6.42 Å². The molecule has 0 heterocycles. The van der Waals surface area contributed by atoms with E-state index in [9.17, 15) is 0 Å². The molecule has 1 nitrogen and oxygen atoms in total. The van der Waals surface area contributed by atoms with E-state index in [1.807, 2.05) is 0 Å². The molecular weight excluding hydrogens is 170 g/mol. The summed E-state index contributed by atoms with van der Waals surface area (Å²) < 4.78 is 0. The van der Waals surface area contributed by atoms with Gasteiger partial charge in [0.25, 0.3) is 0 Å². The highest BCUT2D eigenvalue weighted by molar-refractivity contribution is 5.27. The van der Waals surface area contributed by atoms with Crippen molar-refractivity contribution in [3.05, 3.63) is 35.4 Å². The molecule has 0 aromatic heterocycles. The van der Waals surface area contributed by atoms with Crippen LogP contribution in [0.5, 0.6) is 0 Å². The molecule has 1 aromatic carbocycles.